The molecule has 3 aromatic rings. The maximum atomic E-state index is 14.0. The molecule has 264 valence electrons. The van der Waals surface area contributed by atoms with Crippen LogP contribution >= 0.6 is 11.3 Å². The van der Waals surface area contributed by atoms with Crippen molar-refractivity contribution in [2.45, 2.75) is 90.6 Å². The highest BCUT2D eigenvalue weighted by Gasteiger charge is 2.44. The zero-order chi connectivity index (χ0) is 35.9. The maximum absolute atomic E-state index is 14.0. The Balaban J connectivity index is 1.39. The molecule has 0 spiro atoms. The van der Waals surface area contributed by atoms with Gasteiger partial charge >= 0.3 is 0 Å². The molecule has 0 saturated carbocycles. The van der Waals surface area contributed by atoms with Crippen LogP contribution in [0.3, 0.4) is 0 Å². The van der Waals surface area contributed by atoms with E-state index in [1.807, 2.05) is 64.4 Å². The minimum atomic E-state index is -0.955. The number of likely N-dealkylation sites (tertiary alicyclic amines) is 1. The summed E-state index contributed by atoms with van der Waals surface area (Å²) in [7, 11) is 0. The first-order valence-corrected chi connectivity index (χ1v) is 17.3. The molecule has 0 aliphatic carbocycles. The predicted octanol–water partition coefficient (Wildman–Crippen LogP) is 3.00. The highest BCUT2D eigenvalue weighted by Crippen LogP contribution is 2.29. The number of β-amino-alcohol motifs (C(OH)–C–C–N with tert-alkyl or cyclic N) is 1. The van der Waals surface area contributed by atoms with Crippen LogP contribution in [0.4, 0.5) is 0 Å². The van der Waals surface area contributed by atoms with Crippen LogP contribution in [-0.4, -0.2) is 76.0 Å². The molecule has 5 atom stereocenters. The molecule has 1 aliphatic rings. The average Bonchev–Trinajstić information content (AvgIpc) is 3.66. The molecule has 4 amide bonds. The number of benzene rings is 2. The number of aryl methyl sites for hydroxylation is 1. The fourth-order valence-electron chi connectivity index (χ4n) is 5.77. The van der Waals surface area contributed by atoms with Gasteiger partial charge in [-0.2, -0.15) is 0 Å². The summed E-state index contributed by atoms with van der Waals surface area (Å²) < 4.78 is 5.75. The maximum Gasteiger partial charge on any atom is 0.246 e. The predicted molar refractivity (Wildman–Crippen MR) is 188 cm³/mol. The van der Waals surface area contributed by atoms with E-state index in [4.69, 9.17) is 16.2 Å². The van der Waals surface area contributed by atoms with E-state index < -0.39 is 35.4 Å². The van der Waals surface area contributed by atoms with Crippen molar-refractivity contribution in [3.05, 3.63) is 70.9 Å². The normalized spacial score (nSPS) is 18.0. The lowest BCUT2D eigenvalue weighted by Gasteiger charge is -2.35. The number of aromatic nitrogens is 1. The molecule has 13 heteroatoms. The van der Waals surface area contributed by atoms with Gasteiger partial charge in [0.1, 0.15) is 24.4 Å². The summed E-state index contributed by atoms with van der Waals surface area (Å²) in [5, 5.41) is 16.5. The van der Waals surface area contributed by atoms with Crippen molar-refractivity contribution < 1.29 is 29.0 Å². The summed E-state index contributed by atoms with van der Waals surface area (Å²) in [5.74, 6) is -1.09. The van der Waals surface area contributed by atoms with Gasteiger partial charge in [0.05, 0.1) is 34.6 Å². The zero-order valence-corrected chi connectivity index (χ0v) is 29.6. The molecule has 0 bridgehead atoms. The lowest BCUT2D eigenvalue weighted by Crippen LogP contribution is -2.58. The smallest absolute Gasteiger partial charge is 0.246 e. The number of aliphatic hydroxyl groups excluding tert-OH is 1. The molecule has 7 N–H and O–H groups in total. The molecule has 2 aromatic carbocycles. The van der Waals surface area contributed by atoms with Gasteiger partial charge in [-0.1, -0.05) is 57.2 Å². The fraction of sp³-hybridized carbons (Fsp3) is 0.472. The van der Waals surface area contributed by atoms with Crippen molar-refractivity contribution in [2.75, 3.05) is 13.2 Å². The highest BCUT2D eigenvalue weighted by atomic mass is 32.1. The molecule has 1 aliphatic heterocycles. The largest absolute Gasteiger partial charge is 0.492 e. The van der Waals surface area contributed by atoms with Gasteiger partial charge in [-0.05, 0) is 54.5 Å². The average molecular weight is 693 g/mol. The quantitative estimate of drug-likeness (QED) is 0.170. The van der Waals surface area contributed by atoms with Gasteiger partial charge in [-0.25, -0.2) is 4.98 Å². The second-order valence-electron chi connectivity index (χ2n) is 13.8. The first-order valence-electron chi connectivity index (χ1n) is 16.5. The molecule has 1 fully saturated rings. The van der Waals surface area contributed by atoms with Gasteiger partial charge < -0.3 is 36.8 Å². The van der Waals surface area contributed by atoms with Crippen molar-refractivity contribution in [3.8, 4) is 16.2 Å². The molecular formula is C36H48N6O6S. The van der Waals surface area contributed by atoms with Gasteiger partial charge in [0.25, 0.3) is 0 Å². The number of thiazole rings is 1. The minimum absolute atomic E-state index is 0.0163. The number of rotatable bonds is 14. The van der Waals surface area contributed by atoms with Crippen LogP contribution in [-0.2, 0) is 25.6 Å². The summed E-state index contributed by atoms with van der Waals surface area (Å²) in [5.41, 5.74) is 15.9. The van der Waals surface area contributed by atoms with E-state index in [0.29, 0.717) is 17.7 Å². The van der Waals surface area contributed by atoms with Crippen LogP contribution in [0.15, 0.2) is 54.0 Å². The number of aliphatic hydroxyl groups is 1. The van der Waals surface area contributed by atoms with E-state index in [0.717, 1.165) is 21.7 Å². The number of carbonyl (C=O) groups excluding carboxylic acids is 4. The Labute approximate surface area is 291 Å². The lowest BCUT2D eigenvalue weighted by molar-refractivity contribution is -0.144. The van der Waals surface area contributed by atoms with E-state index >= 15 is 0 Å². The van der Waals surface area contributed by atoms with Crippen molar-refractivity contribution in [1.82, 2.24) is 20.5 Å². The molecule has 0 unspecified atom stereocenters. The molecular weight excluding hydrogens is 644 g/mol. The highest BCUT2D eigenvalue weighted by molar-refractivity contribution is 7.13. The summed E-state index contributed by atoms with van der Waals surface area (Å²) in [4.78, 5) is 58.7. The number of carbonyl (C=O) groups is 4. The molecule has 1 aromatic heterocycles. The van der Waals surface area contributed by atoms with Crippen molar-refractivity contribution in [3.63, 3.8) is 0 Å². The number of nitrogens with two attached hydrogens (primary N) is 2. The number of primary amides is 1. The third-order valence-corrected chi connectivity index (χ3v) is 9.53. The Bertz CT molecular complexity index is 1620. The SMILES string of the molecule is Cc1ncsc1-c1ccc([C@H](C)NC(=O)[C@@H]2C[C@@H](O)CN2C(=O)[C@@H](NC(=O)Cc2cccc(OC[C@@H](N)CCC(N)=O)c2)C(C)(C)C)cc1. The van der Waals surface area contributed by atoms with Gasteiger partial charge in [0.2, 0.25) is 23.6 Å². The van der Waals surface area contributed by atoms with Gasteiger partial charge in [-0.15, -0.1) is 11.3 Å². The van der Waals surface area contributed by atoms with Crippen LogP contribution in [0.25, 0.3) is 10.4 Å². The van der Waals surface area contributed by atoms with Crippen molar-refractivity contribution >= 4 is 35.0 Å². The molecule has 1 saturated heterocycles. The van der Waals surface area contributed by atoms with Crippen LogP contribution < -0.4 is 26.8 Å². The lowest BCUT2D eigenvalue weighted by atomic mass is 9.85. The number of ether oxygens (including phenoxy) is 1. The summed E-state index contributed by atoms with van der Waals surface area (Å²) >= 11 is 1.57. The Morgan fingerprint density at radius 3 is 2.47 bits per heavy atom. The van der Waals surface area contributed by atoms with Crippen molar-refractivity contribution in [2.24, 2.45) is 16.9 Å². The van der Waals surface area contributed by atoms with Crippen LogP contribution in [0.1, 0.15) is 69.8 Å². The van der Waals surface area contributed by atoms with Gasteiger partial charge in [-0.3, -0.25) is 19.2 Å². The Morgan fingerprint density at radius 2 is 1.84 bits per heavy atom. The number of amides is 4. The zero-order valence-electron chi connectivity index (χ0n) is 28.8. The van der Waals surface area contributed by atoms with E-state index in [1.165, 1.54) is 4.90 Å². The molecule has 49 heavy (non-hydrogen) atoms. The minimum Gasteiger partial charge on any atom is -0.492 e. The number of nitrogens with zero attached hydrogens (tertiary/aromatic N) is 2. The summed E-state index contributed by atoms with van der Waals surface area (Å²) in [6.45, 7) is 9.52. The number of hydrogen-bond donors (Lipinski definition) is 5. The van der Waals surface area contributed by atoms with E-state index in [2.05, 4.69) is 15.6 Å². The molecule has 12 nitrogen and oxygen atoms in total. The van der Waals surface area contributed by atoms with E-state index in [1.54, 1.807) is 35.6 Å². The summed E-state index contributed by atoms with van der Waals surface area (Å²) in [6.07, 6.45) is -0.229. The summed E-state index contributed by atoms with van der Waals surface area (Å²) in [6, 6.07) is 12.3. The monoisotopic (exact) mass is 692 g/mol. The number of nitrogens with one attached hydrogen (secondary N) is 2. The fourth-order valence-corrected chi connectivity index (χ4v) is 6.58. The van der Waals surface area contributed by atoms with Crippen LogP contribution in [0.5, 0.6) is 5.75 Å². The van der Waals surface area contributed by atoms with Gasteiger partial charge in [0.15, 0.2) is 0 Å². The molecule has 4 rings (SSSR count). The second-order valence-corrected chi connectivity index (χ2v) is 14.6. The molecule has 2 heterocycles. The third kappa shape index (κ3) is 10.3. The first-order chi connectivity index (χ1) is 23.1. The molecule has 0 radical (unpaired) electrons. The third-order valence-electron chi connectivity index (χ3n) is 8.55. The van der Waals surface area contributed by atoms with E-state index in [-0.39, 0.29) is 56.3 Å². The Hall–Kier alpha value is -4.33. The Kier molecular flexibility index (Phi) is 12.5. The van der Waals surface area contributed by atoms with Gasteiger partial charge in [0, 0.05) is 25.4 Å². The van der Waals surface area contributed by atoms with Crippen LogP contribution in [0, 0.1) is 12.3 Å². The topological polar surface area (TPSA) is 190 Å². The first kappa shape index (κ1) is 37.5. The second kappa shape index (κ2) is 16.4. The standard InChI is InChI=1S/C36H48N6O6S/c1-21(24-9-11-25(12-10-24)32-22(2)39-20-49-32)40-34(46)29-17-27(43)18-42(29)35(47)33(36(3,4)5)41-31(45)16-23-7-6-8-28(15-23)48-19-26(37)13-14-30(38)44/h6-12,15,20-21,26-27,29,33,43H,13-14,16-19,37H2,1-5H3,(H2,38,44)(H,40,46)(H,41,45)/t21-,26-,27+,29-,33+/m0/s1. The van der Waals surface area contributed by atoms with Crippen molar-refractivity contribution in [1.29, 1.82) is 0 Å². The van der Waals surface area contributed by atoms with E-state index in [9.17, 15) is 24.3 Å². The number of hydrogen-bond acceptors (Lipinski definition) is 9. The Morgan fingerprint density at radius 1 is 1.12 bits per heavy atom. The van der Waals surface area contributed by atoms with Crippen LogP contribution in [0.2, 0.25) is 0 Å².